The fourth-order valence-electron chi connectivity index (χ4n) is 2.14. The van der Waals surface area contributed by atoms with Crippen LogP contribution in [0.1, 0.15) is 0 Å². The van der Waals surface area contributed by atoms with Gasteiger partial charge in [-0.15, -0.1) is 0 Å². The van der Waals surface area contributed by atoms with Gasteiger partial charge in [-0.1, -0.05) is 23.7 Å². The van der Waals surface area contributed by atoms with E-state index >= 15 is 0 Å². The van der Waals surface area contributed by atoms with Crippen LogP contribution < -0.4 is 24.8 Å². The zero-order chi connectivity index (χ0) is 19.1. The topological polar surface area (TPSA) is 68.8 Å². The van der Waals surface area contributed by atoms with E-state index in [0.29, 0.717) is 22.2 Å². The molecular weight excluding hydrogens is 370 g/mol. The number of methoxy groups -OCH3 is 2. The zero-order valence-corrected chi connectivity index (χ0v) is 14.8. The van der Waals surface area contributed by atoms with Gasteiger partial charge < -0.3 is 24.8 Å². The summed E-state index contributed by atoms with van der Waals surface area (Å²) < 4.78 is 39.5. The minimum absolute atomic E-state index is 0.0546. The van der Waals surface area contributed by atoms with Crippen molar-refractivity contribution in [2.24, 2.45) is 0 Å². The number of hydrogen-bond donors (Lipinski definition) is 2. The van der Waals surface area contributed by atoms with E-state index in [9.17, 15) is 13.6 Å². The molecule has 0 saturated carbocycles. The molecule has 0 spiro atoms. The molecule has 0 radical (unpaired) electrons. The summed E-state index contributed by atoms with van der Waals surface area (Å²) in [5, 5.41) is 5.72. The van der Waals surface area contributed by atoms with Gasteiger partial charge in [0.2, 0.25) is 5.91 Å². The van der Waals surface area contributed by atoms with Crippen molar-refractivity contribution >= 4 is 28.9 Å². The van der Waals surface area contributed by atoms with Gasteiger partial charge in [-0.25, -0.2) is 0 Å². The number of amides is 1. The maximum Gasteiger partial charge on any atom is 0.387 e. The Labute approximate surface area is 154 Å². The highest BCUT2D eigenvalue weighted by atomic mass is 35.5. The van der Waals surface area contributed by atoms with E-state index in [1.165, 1.54) is 38.5 Å². The van der Waals surface area contributed by atoms with Gasteiger partial charge in [-0.3, -0.25) is 4.79 Å². The lowest BCUT2D eigenvalue weighted by Crippen LogP contribution is -2.22. The number of hydrogen-bond acceptors (Lipinski definition) is 5. The predicted octanol–water partition coefficient (Wildman–Crippen LogP) is 4.01. The van der Waals surface area contributed by atoms with Crippen molar-refractivity contribution in [3.05, 3.63) is 41.4 Å². The van der Waals surface area contributed by atoms with Gasteiger partial charge in [0, 0.05) is 12.1 Å². The first-order valence-corrected chi connectivity index (χ1v) is 7.81. The third kappa shape index (κ3) is 5.13. The number of para-hydroxylation sites is 2. The molecule has 0 atom stereocenters. The van der Waals surface area contributed by atoms with Gasteiger partial charge in [0.15, 0.2) is 0 Å². The largest absolute Gasteiger partial charge is 0.495 e. The number of nitrogens with one attached hydrogen (secondary N) is 2. The molecule has 0 unspecified atom stereocenters. The van der Waals surface area contributed by atoms with Crippen molar-refractivity contribution < 1.29 is 27.8 Å². The highest BCUT2D eigenvalue weighted by Gasteiger charge is 2.14. The van der Waals surface area contributed by atoms with Crippen molar-refractivity contribution in [1.82, 2.24) is 0 Å². The van der Waals surface area contributed by atoms with Crippen molar-refractivity contribution in [3.8, 4) is 17.2 Å². The monoisotopic (exact) mass is 386 g/mol. The van der Waals surface area contributed by atoms with Crippen LogP contribution in [0.3, 0.4) is 0 Å². The second-order valence-corrected chi connectivity index (χ2v) is 5.37. The standard InChI is InChI=1S/C17H17ClF2N2O4/c1-24-14-8-12(15(25-2)7-10(14)18)22-16(23)9-21-11-5-3-4-6-13(11)26-17(19)20/h3-8,17,21H,9H2,1-2H3,(H,22,23). The fourth-order valence-corrected chi connectivity index (χ4v) is 2.37. The molecule has 0 aliphatic carbocycles. The van der Waals surface area contributed by atoms with Crippen LogP contribution in [0.25, 0.3) is 0 Å². The van der Waals surface area contributed by atoms with Crippen LogP contribution in [0.4, 0.5) is 20.2 Å². The van der Waals surface area contributed by atoms with E-state index in [0.717, 1.165) is 0 Å². The van der Waals surface area contributed by atoms with Gasteiger partial charge in [0.1, 0.15) is 17.2 Å². The first-order chi connectivity index (χ1) is 12.4. The summed E-state index contributed by atoms with van der Waals surface area (Å²) in [6.07, 6.45) is 0. The number of carbonyl (C=O) groups excluding carboxylic acids is 1. The molecule has 0 fully saturated rings. The smallest absolute Gasteiger partial charge is 0.387 e. The Morgan fingerprint density at radius 1 is 1.08 bits per heavy atom. The summed E-state index contributed by atoms with van der Waals surface area (Å²) in [6.45, 7) is -3.14. The van der Waals surface area contributed by atoms with Crippen molar-refractivity contribution in [1.29, 1.82) is 0 Å². The molecule has 0 aromatic heterocycles. The normalized spacial score (nSPS) is 10.4. The molecule has 2 aromatic rings. The zero-order valence-electron chi connectivity index (χ0n) is 14.0. The van der Waals surface area contributed by atoms with E-state index in [4.69, 9.17) is 21.1 Å². The van der Waals surface area contributed by atoms with Crippen LogP contribution in [0.15, 0.2) is 36.4 Å². The average Bonchev–Trinajstić information content (AvgIpc) is 2.61. The SMILES string of the molecule is COc1cc(NC(=O)CNc2ccccc2OC(F)F)c(OC)cc1Cl. The Hall–Kier alpha value is -2.74. The number of ether oxygens (including phenoxy) is 3. The lowest BCUT2D eigenvalue weighted by Gasteiger charge is -2.15. The van der Waals surface area contributed by atoms with Crippen molar-refractivity contribution in [2.45, 2.75) is 6.61 Å². The lowest BCUT2D eigenvalue weighted by molar-refractivity contribution is -0.114. The molecule has 2 aromatic carbocycles. The maximum atomic E-state index is 12.4. The van der Waals surface area contributed by atoms with E-state index in [-0.39, 0.29) is 18.0 Å². The third-order valence-electron chi connectivity index (χ3n) is 3.29. The van der Waals surface area contributed by atoms with Gasteiger partial charge in [-0.05, 0) is 12.1 Å². The Balaban J connectivity index is 2.06. The number of alkyl halides is 2. The summed E-state index contributed by atoms with van der Waals surface area (Å²) in [5.41, 5.74) is 0.626. The molecule has 2 rings (SSSR count). The van der Waals surface area contributed by atoms with E-state index in [1.807, 2.05) is 0 Å². The molecule has 9 heteroatoms. The first-order valence-electron chi connectivity index (χ1n) is 7.43. The molecule has 140 valence electrons. The van der Waals surface area contributed by atoms with Crippen LogP contribution >= 0.6 is 11.6 Å². The molecule has 0 saturated heterocycles. The van der Waals surface area contributed by atoms with Crippen LogP contribution in [0, 0.1) is 0 Å². The van der Waals surface area contributed by atoms with Gasteiger partial charge in [0.05, 0.1) is 37.2 Å². The summed E-state index contributed by atoms with van der Waals surface area (Å²) in [4.78, 5) is 12.2. The number of rotatable bonds is 8. The molecule has 0 aliphatic heterocycles. The lowest BCUT2D eigenvalue weighted by atomic mass is 10.2. The van der Waals surface area contributed by atoms with Crippen molar-refractivity contribution in [3.63, 3.8) is 0 Å². The quantitative estimate of drug-likeness (QED) is 0.717. The number of halogens is 3. The van der Waals surface area contributed by atoms with Crippen LogP contribution in [-0.4, -0.2) is 33.3 Å². The fraction of sp³-hybridized carbons (Fsp3) is 0.235. The molecule has 2 N–H and O–H groups in total. The van der Waals surface area contributed by atoms with E-state index < -0.39 is 12.5 Å². The Bertz CT molecular complexity index is 774. The number of benzene rings is 2. The number of anilines is 2. The maximum absolute atomic E-state index is 12.4. The van der Waals surface area contributed by atoms with Crippen LogP contribution in [-0.2, 0) is 4.79 Å². The highest BCUT2D eigenvalue weighted by molar-refractivity contribution is 6.32. The molecule has 1 amide bonds. The summed E-state index contributed by atoms with van der Waals surface area (Å²) in [5.74, 6) is 0.234. The molecule has 0 bridgehead atoms. The Kier molecular flexibility index (Phi) is 6.85. The summed E-state index contributed by atoms with van der Waals surface area (Å²) in [6, 6.07) is 9.11. The van der Waals surface area contributed by atoms with E-state index in [2.05, 4.69) is 15.4 Å². The molecule has 26 heavy (non-hydrogen) atoms. The molecule has 0 aliphatic rings. The van der Waals surface area contributed by atoms with Gasteiger partial charge in [-0.2, -0.15) is 8.78 Å². The summed E-state index contributed by atoms with van der Waals surface area (Å²) >= 11 is 6.01. The highest BCUT2D eigenvalue weighted by Crippen LogP contribution is 2.35. The van der Waals surface area contributed by atoms with E-state index in [1.54, 1.807) is 12.1 Å². The van der Waals surface area contributed by atoms with Crippen LogP contribution in [0.5, 0.6) is 17.2 Å². The van der Waals surface area contributed by atoms with Gasteiger partial charge in [0.25, 0.3) is 0 Å². The Morgan fingerprint density at radius 3 is 2.42 bits per heavy atom. The summed E-state index contributed by atoms with van der Waals surface area (Å²) in [7, 11) is 2.88. The number of carbonyl (C=O) groups is 1. The average molecular weight is 387 g/mol. The van der Waals surface area contributed by atoms with Crippen molar-refractivity contribution in [2.75, 3.05) is 31.4 Å². The molecule has 0 heterocycles. The predicted molar refractivity (Wildman–Crippen MR) is 94.7 cm³/mol. The Morgan fingerprint density at radius 2 is 1.77 bits per heavy atom. The van der Waals surface area contributed by atoms with Gasteiger partial charge >= 0.3 is 6.61 Å². The third-order valence-corrected chi connectivity index (χ3v) is 3.59. The minimum atomic E-state index is -2.96. The van der Waals surface area contributed by atoms with Crippen LogP contribution in [0.2, 0.25) is 5.02 Å². The molecular formula is C17H17ClF2N2O4. The first kappa shape index (κ1) is 19.6. The minimum Gasteiger partial charge on any atom is -0.495 e. The second-order valence-electron chi connectivity index (χ2n) is 4.96. The second kappa shape index (κ2) is 9.10. The molecule has 6 nitrogen and oxygen atoms in total.